The third-order valence-corrected chi connectivity index (χ3v) is 2.48. The van der Waals surface area contributed by atoms with Crippen LogP contribution in [-0.2, 0) is 6.42 Å². The van der Waals surface area contributed by atoms with Crippen molar-refractivity contribution in [3.8, 4) is 0 Å². The monoisotopic (exact) mass is 210 g/mol. The first-order chi connectivity index (χ1) is 7.90. The number of nitrogens with two attached hydrogens (primary N) is 1. The van der Waals surface area contributed by atoms with Crippen LogP contribution in [0, 0.1) is 0 Å². The van der Waals surface area contributed by atoms with Crippen LogP contribution in [0.2, 0.25) is 0 Å². The van der Waals surface area contributed by atoms with Gasteiger partial charge in [-0.3, -0.25) is 0 Å². The molecule has 0 spiro atoms. The molecule has 0 fully saturated rings. The summed E-state index contributed by atoms with van der Waals surface area (Å²) in [5.41, 5.74) is 3.20. The normalized spacial score (nSPS) is 11.4. The minimum absolute atomic E-state index is 0.765. The number of hydrazone groups is 1. The molecule has 0 amide bonds. The third-order valence-electron chi connectivity index (χ3n) is 2.48. The predicted molar refractivity (Wildman–Crippen MR) is 67.3 cm³/mol. The van der Waals surface area contributed by atoms with Crippen LogP contribution in [0.3, 0.4) is 0 Å². The lowest BCUT2D eigenvalue weighted by Crippen LogP contribution is -2.07. The highest BCUT2D eigenvalue weighted by Crippen LogP contribution is 2.07. The summed E-state index contributed by atoms with van der Waals surface area (Å²) in [6.07, 6.45) is 0.765. The fourth-order valence-corrected chi connectivity index (χ4v) is 1.64. The molecule has 2 N–H and O–H groups in total. The maximum atomic E-state index is 5.44. The quantitative estimate of drug-likeness (QED) is 0.472. The molecular weight excluding hydrogens is 196 g/mol. The molecular formula is C14H14N2. The lowest BCUT2D eigenvalue weighted by atomic mass is 10.0. The van der Waals surface area contributed by atoms with Crippen LogP contribution in [0.15, 0.2) is 65.8 Å². The van der Waals surface area contributed by atoms with Crippen LogP contribution >= 0.6 is 0 Å². The highest BCUT2D eigenvalue weighted by Gasteiger charge is 2.03. The Morgan fingerprint density at radius 1 is 0.875 bits per heavy atom. The van der Waals surface area contributed by atoms with Crippen LogP contribution in [0.4, 0.5) is 0 Å². The summed E-state index contributed by atoms with van der Waals surface area (Å²) in [6, 6.07) is 20.2. The molecule has 0 aliphatic heterocycles. The molecule has 0 bridgehead atoms. The van der Waals surface area contributed by atoms with Gasteiger partial charge in [-0.2, -0.15) is 5.10 Å². The van der Waals surface area contributed by atoms with E-state index >= 15 is 0 Å². The molecule has 0 aliphatic carbocycles. The Bertz CT molecular complexity index is 461. The molecule has 2 aromatic carbocycles. The predicted octanol–water partition coefficient (Wildman–Crippen LogP) is 2.59. The van der Waals surface area contributed by atoms with Gasteiger partial charge < -0.3 is 5.84 Å². The van der Waals surface area contributed by atoms with Crippen molar-refractivity contribution in [2.24, 2.45) is 10.9 Å². The lowest BCUT2D eigenvalue weighted by Gasteiger charge is -2.05. The number of rotatable bonds is 3. The zero-order valence-electron chi connectivity index (χ0n) is 9.01. The van der Waals surface area contributed by atoms with Gasteiger partial charge in [-0.1, -0.05) is 60.7 Å². The zero-order chi connectivity index (χ0) is 11.2. The van der Waals surface area contributed by atoms with E-state index in [9.17, 15) is 0 Å². The zero-order valence-corrected chi connectivity index (χ0v) is 9.01. The van der Waals surface area contributed by atoms with Crippen molar-refractivity contribution in [2.45, 2.75) is 6.42 Å². The van der Waals surface area contributed by atoms with E-state index in [2.05, 4.69) is 17.2 Å². The van der Waals surface area contributed by atoms with Gasteiger partial charge in [0.1, 0.15) is 0 Å². The Morgan fingerprint density at radius 3 is 2.00 bits per heavy atom. The van der Waals surface area contributed by atoms with Crippen molar-refractivity contribution in [3.05, 3.63) is 71.8 Å². The minimum Gasteiger partial charge on any atom is -0.323 e. The van der Waals surface area contributed by atoms with Crippen molar-refractivity contribution in [1.29, 1.82) is 0 Å². The number of hydrogen-bond donors (Lipinski definition) is 1. The summed E-state index contributed by atoms with van der Waals surface area (Å²) in [6.45, 7) is 0. The fraction of sp³-hybridized carbons (Fsp3) is 0.0714. The smallest absolute Gasteiger partial charge is 0.0716 e. The lowest BCUT2D eigenvalue weighted by molar-refractivity contribution is 1.19. The molecule has 2 nitrogen and oxygen atoms in total. The molecule has 2 heteroatoms. The Hall–Kier alpha value is -2.09. The van der Waals surface area contributed by atoms with E-state index < -0.39 is 0 Å². The molecule has 16 heavy (non-hydrogen) atoms. The van der Waals surface area contributed by atoms with Crippen molar-refractivity contribution in [3.63, 3.8) is 0 Å². The van der Waals surface area contributed by atoms with Gasteiger partial charge in [0.25, 0.3) is 0 Å². The van der Waals surface area contributed by atoms with Crippen LogP contribution in [0.1, 0.15) is 11.1 Å². The van der Waals surface area contributed by atoms with E-state index in [1.807, 2.05) is 48.5 Å². The van der Waals surface area contributed by atoms with E-state index in [1.165, 1.54) is 5.56 Å². The number of nitrogens with zero attached hydrogens (tertiary/aromatic N) is 1. The van der Waals surface area contributed by atoms with Crippen LogP contribution in [-0.4, -0.2) is 5.71 Å². The molecule has 0 radical (unpaired) electrons. The van der Waals surface area contributed by atoms with Gasteiger partial charge in [0.2, 0.25) is 0 Å². The minimum atomic E-state index is 0.765. The van der Waals surface area contributed by atoms with Crippen molar-refractivity contribution < 1.29 is 0 Å². The Kier molecular flexibility index (Phi) is 3.34. The topological polar surface area (TPSA) is 38.4 Å². The van der Waals surface area contributed by atoms with Gasteiger partial charge in [-0.15, -0.1) is 0 Å². The SMILES string of the molecule is NN=C(Cc1ccccc1)c1ccccc1. The second-order valence-electron chi connectivity index (χ2n) is 3.60. The maximum Gasteiger partial charge on any atom is 0.0716 e. The first-order valence-electron chi connectivity index (χ1n) is 5.26. The molecule has 0 saturated heterocycles. The molecule has 0 aliphatic rings. The Morgan fingerprint density at radius 2 is 1.44 bits per heavy atom. The third kappa shape index (κ3) is 2.48. The second kappa shape index (κ2) is 5.12. The van der Waals surface area contributed by atoms with E-state index in [0.29, 0.717) is 0 Å². The molecule has 2 aromatic rings. The summed E-state index contributed by atoms with van der Waals surface area (Å²) >= 11 is 0. The summed E-state index contributed by atoms with van der Waals surface area (Å²) in [5.74, 6) is 5.44. The van der Waals surface area contributed by atoms with Crippen LogP contribution in [0.25, 0.3) is 0 Å². The van der Waals surface area contributed by atoms with Crippen LogP contribution < -0.4 is 5.84 Å². The van der Waals surface area contributed by atoms with Crippen molar-refractivity contribution >= 4 is 5.71 Å². The average Bonchev–Trinajstić information content (AvgIpc) is 2.38. The molecule has 0 saturated carbocycles. The average molecular weight is 210 g/mol. The van der Waals surface area contributed by atoms with E-state index in [-0.39, 0.29) is 0 Å². The van der Waals surface area contributed by atoms with Crippen LogP contribution in [0.5, 0.6) is 0 Å². The fourth-order valence-electron chi connectivity index (χ4n) is 1.64. The van der Waals surface area contributed by atoms with Crippen molar-refractivity contribution in [2.75, 3.05) is 0 Å². The first-order valence-corrected chi connectivity index (χ1v) is 5.26. The maximum absolute atomic E-state index is 5.44. The van der Waals surface area contributed by atoms with Gasteiger partial charge in [0, 0.05) is 6.42 Å². The van der Waals surface area contributed by atoms with E-state index in [4.69, 9.17) is 5.84 Å². The van der Waals surface area contributed by atoms with E-state index in [1.54, 1.807) is 0 Å². The van der Waals surface area contributed by atoms with E-state index in [0.717, 1.165) is 17.7 Å². The molecule has 80 valence electrons. The summed E-state index contributed by atoms with van der Waals surface area (Å²) in [5, 5.41) is 3.87. The number of benzene rings is 2. The van der Waals surface area contributed by atoms with Gasteiger partial charge in [-0.25, -0.2) is 0 Å². The van der Waals surface area contributed by atoms with Gasteiger partial charge >= 0.3 is 0 Å². The summed E-state index contributed by atoms with van der Waals surface area (Å²) in [4.78, 5) is 0. The first kappa shape index (κ1) is 10.4. The molecule has 0 unspecified atom stereocenters. The molecule has 0 heterocycles. The second-order valence-corrected chi connectivity index (χ2v) is 3.60. The van der Waals surface area contributed by atoms with Gasteiger partial charge in [0.15, 0.2) is 0 Å². The highest BCUT2D eigenvalue weighted by atomic mass is 15.1. The molecule has 2 rings (SSSR count). The Balaban J connectivity index is 2.20. The number of hydrogen-bond acceptors (Lipinski definition) is 2. The largest absolute Gasteiger partial charge is 0.323 e. The van der Waals surface area contributed by atoms with Gasteiger partial charge in [-0.05, 0) is 11.1 Å². The van der Waals surface area contributed by atoms with Gasteiger partial charge in [0.05, 0.1) is 5.71 Å². The molecule has 0 atom stereocenters. The Labute approximate surface area is 95.4 Å². The highest BCUT2D eigenvalue weighted by molar-refractivity contribution is 6.01. The summed E-state index contributed by atoms with van der Waals surface area (Å²) in [7, 11) is 0. The van der Waals surface area contributed by atoms with Crippen molar-refractivity contribution in [1.82, 2.24) is 0 Å². The molecule has 0 aromatic heterocycles. The standard InChI is InChI=1S/C14H14N2/c15-16-14(13-9-5-2-6-10-13)11-12-7-3-1-4-8-12/h1-10H,11,15H2. The summed E-state index contributed by atoms with van der Waals surface area (Å²) < 4.78 is 0.